The zero-order valence-corrected chi connectivity index (χ0v) is 19.9. The van der Waals surface area contributed by atoms with Gasteiger partial charge in [-0.3, -0.25) is 4.90 Å². The molecule has 186 valence electrons. The number of ether oxygens (including phenoxy) is 2. The normalized spacial score (nSPS) is 22.9. The van der Waals surface area contributed by atoms with E-state index in [0.717, 1.165) is 25.2 Å². The van der Waals surface area contributed by atoms with E-state index < -0.39 is 23.7 Å². The number of halogens is 1. The lowest BCUT2D eigenvalue weighted by atomic mass is 9.88. The molecule has 3 aliphatic heterocycles. The molecular weight excluding hydrogens is 465 g/mol. The second-order valence-corrected chi connectivity index (χ2v) is 9.75. The molecule has 6 rings (SSSR count). The van der Waals surface area contributed by atoms with E-state index in [9.17, 15) is 14.0 Å². The van der Waals surface area contributed by atoms with Crippen LogP contribution in [0.2, 0.25) is 0 Å². The fraction of sp³-hybridized carbons (Fsp3) is 0.370. The summed E-state index contributed by atoms with van der Waals surface area (Å²) in [5, 5.41) is 4.90. The Balaban J connectivity index is 1.28. The van der Waals surface area contributed by atoms with Crippen LogP contribution in [0, 0.1) is 5.82 Å². The molecule has 0 radical (unpaired) electrons. The molecule has 2 unspecified atom stereocenters. The van der Waals surface area contributed by atoms with Gasteiger partial charge in [0.15, 0.2) is 5.58 Å². The smallest absolute Gasteiger partial charge is 0.335 e. The van der Waals surface area contributed by atoms with Gasteiger partial charge in [-0.25, -0.2) is 18.9 Å². The van der Waals surface area contributed by atoms with Crippen LogP contribution < -0.4 is 0 Å². The lowest BCUT2D eigenvalue weighted by Gasteiger charge is -2.47. The summed E-state index contributed by atoms with van der Waals surface area (Å²) >= 11 is 0. The number of piperidine rings is 1. The molecule has 9 heteroatoms. The number of likely N-dealkylation sites (tertiary alicyclic amines) is 1. The van der Waals surface area contributed by atoms with Crippen molar-refractivity contribution in [1.82, 2.24) is 15.0 Å². The third kappa shape index (κ3) is 4.08. The van der Waals surface area contributed by atoms with Gasteiger partial charge < -0.3 is 14.0 Å². The molecule has 2 aromatic carbocycles. The molecule has 4 heterocycles. The maximum Gasteiger partial charge on any atom is 0.335 e. The number of benzene rings is 2. The van der Waals surface area contributed by atoms with Crippen LogP contribution in [0.25, 0.3) is 11.0 Å². The first-order valence-corrected chi connectivity index (χ1v) is 12.1. The zero-order chi connectivity index (χ0) is 24.9. The third-order valence-electron chi connectivity index (χ3n) is 7.43. The number of rotatable bonds is 4. The zero-order valence-electron chi connectivity index (χ0n) is 19.9. The van der Waals surface area contributed by atoms with Gasteiger partial charge in [-0.15, -0.1) is 0 Å². The number of nitrogens with zero attached hydrogens (tertiary/aromatic N) is 3. The van der Waals surface area contributed by atoms with Gasteiger partial charge in [0.25, 0.3) is 0 Å². The Hall–Kier alpha value is -3.56. The SMILES string of the molecule is CC(CN1CCC(c2noc3cc(F)ccc23)CC12OC(=O)C=CC(=O)O2)N1Cc2ccccc2C1. The van der Waals surface area contributed by atoms with Gasteiger partial charge in [0.2, 0.25) is 0 Å². The van der Waals surface area contributed by atoms with E-state index in [-0.39, 0.29) is 18.4 Å². The Morgan fingerprint density at radius 3 is 2.47 bits per heavy atom. The molecule has 0 aliphatic carbocycles. The molecule has 1 aromatic heterocycles. The van der Waals surface area contributed by atoms with Crippen molar-refractivity contribution in [2.75, 3.05) is 13.1 Å². The number of esters is 2. The van der Waals surface area contributed by atoms with Crippen molar-refractivity contribution in [1.29, 1.82) is 0 Å². The van der Waals surface area contributed by atoms with Crippen LogP contribution in [0.15, 0.2) is 59.1 Å². The average Bonchev–Trinajstić information content (AvgIpc) is 3.44. The number of hydrogen-bond donors (Lipinski definition) is 0. The molecule has 1 fully saturated rings. The average molecular weight is 492 g/mol. The minimum absolute atomic E-state index is 0.107. The topological polar surface area (TPSA) is 85.1 Å². The van der Waals surface area contributed by atoms with E-state index in [0.29, 0.717) is 36.2 Å². The fourth-order valence-electron chi connectivity index (χ4n) is 5.57. The van der Waals surface area contributed by atoms with E-state index in [1.807, 2.05) is 17.0 Å². The first kappa shape index (κ1) is 22.9. The Kier molecular flexibility index (Phi) is 5.61. The predicted molar refractivity (Wildman–Crippen MR) is 127 cm³/mol. The van der Waals surface area contributed by atoms with Crippen LogP contribution in [0.3, 0.4) is 0 Å². The van der Waals surface area contributed by atoms with Crippen LogP contribution in [-0.4, -0.2) is 51.9 Å². The minimum Gasteiger partial charge on any atom is -0.405 e. The van der Waals surface area contributed by atoms with Gasteiger partial charge in [0.1, 0.15) is 5.82 Å². The van der Waals surface area contributed by atoms with Crippen molar-refractivity contribution in [3.8, 4) is 0 Å². The summed E-state index contributed by atoms with van der Waals surface area (Å²) in [5.41, 5.74) is 3.60. The molecule has 0 amide bonds. The van der Waals surface area contributed by atoms with Gasteiger partial charge in [-0.05, 0) is 36.6 Å². The van der Waals surface area contributed by atoms with Gasteiger partial charge in [-0.1, -0.05) is 29.4 Å². The van der Waals surface area contributed by atoms with Crippen LogP contribution in [0.4, 0.5) is 4.39 Å². The minimum atomic E-state index is -1.58. The van der Waals surface area contributed by atoms with E-state index in [1.54, 1.807) is 6.07 Å². The van der Waals surface area contributed by atoms with Crippen LogP contribution >= 0.6 is 0 Å². The molecule has 3 aliphatic rings. The highest BCUT2D eigenvalue weighted by Gasteiger charge is 2.51. The predicted octanol–water partition coefficient (Wildman–Crippen LogP) is 3.86. The van der Waals surface area contributed by atoms with Crippen molar-refractivity contribution < 1.29 is 28.0 Å². The molecular formula is C27H26FN3O5. The summed E-state index contributed by atoms with van der Waals surface area (Å²) < 4.78 is 30.7. The highest BCUT2D eigenvalue weighted by atomic mass is 19.1. The quantitative estimate of drug-likeness (QED) is 0.509. The largest absolute Gasteiger partial charge is 0.405 e. The van der Waals surface area contributed by atoms with Gasteiger partial charge in [0.05, 0.1) is 12.1 Å². The van der Waals surface area contributed by atoms with Gasteiger partial charge >= 0.3 is 17.8 Å². The summed E-state index contributed by atoms with van der Waals surface area (Å²) in [6, 6.07) is 12.8. The summed E-state index contributed by atoms with van der Waals surface area (Å²) in [4.78, 5) is 29.4. The van der Waals surface area contributed by atoms with Crippen LogP contribution in [-0.2, 0) is 32.2 Å². The maximum atomic E-state index is 13.7. The third-order valence-corrected chi connectivity index (χ3v) is 7.43. The highest BCUT2D eigenvalue weighted by Crippen LogP contribution is 2.42. The van der Waals surface area contributed by atoms with Crippen molar-refractivity contribution in [2.45, 2.75) is 50.7 Å². The monoisotopic (exact) mass is 491 g/mol. The first-order valence-electron chi connectivity index (χ1n) is 12.1. The molecule has 3 aromatic rings. The molecule has 0 N–H and O–H groups in total. The second-order valence-electron chi connectivity index (χ2n) is 9.75. The Morgan fingerprint density at radius 2 is 1.78 bits per heavy atom. The van der Waals surface area contributed by atoms with Crippen molar-refractivity contribution in [2.24, 2.45) is 0 Å². The number of hydrogen-bond acceptors (Lipinski definition) is 8. The standard InChI is InChI=1S/C27H26FN3O5/c1-17(30-15-19-4-2-3-5-20(19)16-30)14-31-11-10-18(13-27(31)34-24(32)8-9-25(33)35-27)26-22-7-6-21(28)12-23(22)36-29-26/h2-9,12,17-18H,10-11,13-16H2,1H3. The molecule has 0 bridgehead atoms. The molecule has 0 saturated carbocycles. The molecule has 36 heavy (non-hydrogen) atoms. The Bertz CT molecular complexity index is 1320. The fourth-order valence-corrected chi connectivity index (χ4v) is 5.57. The second kappa shape index (κ2) is 8.83. The number of carbonyl (C=O) groups excluding carboxylic acids is 2. The van der Waals surface area contributed by atoms with Crippen LogP contribution in [0.5, 0.6) is 0 Å². The van der Waals surface area contributed by atoms with Crippen molar-refractivity contribution >= 4 is 22.9 Å². The molecule has 1 spiro atoms. The van der Waals surface area contributed by atoms with Gasteiger partial charge in [0, 0.05) is 61.7 Å². The van der Waals surface area contributed by atoms with Crippen molar-refractivity contribution in [3.63, 3.8) is 0 Å². The molecule has 1 saturated heterocycles. The van der Waals surface area contributed by atoms with Gasteiger partial charge in [-0.2, -0.15) is 0 Å². The van der Waals surface area contributed by atoms with Crippen molar-refractivity contribution in [3.05, 3.63) is 77.3 Å². The highest BCUT2D eigenvalue weighted by molar-refractivity contribution is 5.93. The van der Waals surface area contributed by atoms with E-state index >= 15 is 0 Å². The van der Waals surface area contributed by atoms with E-state index in [2.05, 4.69) is 29.1 Å². The maximum absolute atomic E-state index is 13.7. The number of fused-ring (bicyclic) bond motifs is 2. The molecule has 2 atom stereocenters. The first-order chi connectivity index (χ1) is 17.4. The summed E-state index contributed by atoms with van der Waals surface area (Å²) in [6.07, 6.45) is 3.05. The Morgan fingerprint density at radius 1 is 1.08 bits per heavy atom. The summed E-state index contributed by atoms with van der Waals surface area (Å²) in [6.45, 7) is 4.84. The molecule has 8 nitrogen and oxygen atoms in total. The lowest BCUT2D eigenvalue weighted by molar-refractivity contribution is -0.297. The Labute approximate surface area is 207 Å². The van der Waals surface area contributed by atoms with Crippen LogP contribution in [0.1, 0.15) is 42.5 Å². The number of aromatic nitrogens is 1. The van der Waals surface area contributed by atoms with E-state index in [4.69, 9.17) is 14.0 Å². The van der Waals surface area contributed by atoms with E-state index in [1.165, 1.54) is 23.3 Å². The summed E-state index contributed by atoms with van der Waals surface area (Å²) in [7, 11) is 0. The lowest BCUT2D eigenvalue weighted by Crippen LogP contribution is -2.60. The summed E-state index contributed by atoms with van der Waals surface area (Å²) in [5.74, 6) is -3.49. The number of carbonyl (C=O) groups is 2.